The average Bonchev–Trinajstić information content (AvgIpc) is 2.96. The van der Waals surface area contributed by atoms with E-state index >= 15 is 0 Å². The molecule has 0 amide bonds. The van der Waals surface area contributed by atoms with Crippen LogP contribution in [0, 0.1) is 0 Å². The third kappa shape index (κ3) is 2.32. The number of methoxy groups -OCH3 is 2. The second-order valence-electron chi connectivity index (χ2n) is 4.61. The lowest BCUT2D eigenvalue weighted by molar-refractivity contribution is 0.393. The molecule has 0 bridgehead atoms. The highest BCUT2D eigenvalue weighted by Crippen LogP contribution is 2.26. The Labute approximate surface area is 117 Å². The molecule has 3 rings (SSSR count). The van der Waals surface area contributed by atoms with Gasteiger partial charge in [0.05, 0.1) is 14.2 Å². The molecule has 20 heavy (non-hydrogen) atoms. The number of hydrogen-bond acceptors (Lipinski definition) is 3. The zero-order valence-electron chi connectivity index (χ0n) is 11.5. The van der Waals surface area contributed by atoms with Crippen LogP contribution in [0.15, 0.2) is 42.7 Å². The number of benzene rings is 1. The van der Waals surface area contributed by atoms with Gasteiger partial charge in [0.1, 0.15) is 17.1 Å². The summed E-state index contributed by atoms with van der Waals surface area (Å²) in [4.78, 5) is 7.44. The summed E-state index contributed by atoms with van der Waals surface area (Å²) < 4.78 is 10.6. The van der Waals surface area contributed by atoms with Gasteiger partial charge in [-0.1, -0.05) is 0 Å². The number of H-pyrrole nitrogens is 1. The molecule has 0 aliphatic carbocycles. The standard InChI is InChI=1S/C16H16N2O2/c1-19-13-8-11(9-14(10-13)20-2)7-12-3-5-17-16-15(12)4-6-18-16/h3-6,8-10H,7H2,1-2H3,(H,17,18). The molecule has 0 spiro atoms. The number of pyridine rings is 1. The van der Waals surface area contributed by atoms with Crippen LogP contribution < -0.4 is 9.47 Å². The van der Waals surface area contributed by atoms with Crippen LogP contribution in [0.4, 0.5) is 0 Å². The fourth-order valence-electron chi connectivity index (χ4n) is 2.36. The number of nitrogens with zero attached hydrogens (tertiary/aromatic N) is 1. The molecule has 0 saturated carbocycles. The normalized spacial score (nSPS) is 10.7. The Morgan fingerprint density at radius 1 is 1.05 bits per heavy atom. The van der Waals surface area contributed by atoms with Gasteiger partial charge < -0.3 is 14.5 Å². The van der Waals surface area contributed by atoms with Crippen molar-refractivity contribution >= 4 is 11.0 Å². The number of hydrogen-bond donors (Lipinski definition) is 1. The predicted molar refractivity (Wildman–Crippen MR) is 78.4 cm³/mol. The number of aromatic amines is 1. The van der Waals surface area contributed by atoms with Crippen molar-refractivity contribution in [3.63, 3.8) is 0 Å². The zero-order chi connectivity index (χ0) is 13.9. The maximum absolute atomic E-state index is 5.31. The van der Waals surface area contributed by atoms with Gasteiger partial charge in [0, 0.05) is 23.8 Å². The number of ether oxygens (including phenoxy) is 2. The highest BCUT2D eigenvalue weighted by molar-refractivity contribution is 5.79. The molecule has 0 fully saturated rings. The minimum absolute atomic E-state index is 0.804. The summed E-state index contributed by atoms with van der Waals surface area (Å²) in [5, 5.41) is 1.15. The van der Waals surface area contributed by atoms with E-state index in [1.807, 2.05) is 36.7 Å². The molecule has 4 heteroatoms. The summed E-state index contributed by atoms with van der Waals surface area (Å²) in [5.74, 6) is 1.61. The molecule has 0 atom stereocenters. The molecule has 0 aliphatic rings. The van der Waals surface area contributed by atoms with Gasteiger partial charge in [-0.15, -0.1) is 0 Å². The van der Waals surface area contributed by atoms with E-state index in [1.54, 1.807) is 14.2 Å². The van der Waals surface area contributed by atoms with Gasteiger partial charge in [-0.2, -0.15) is 0 Å². The molecular weight excluding hydrogens is 252 g/mol. The van der Waals surface area contributed by atoms with Crippen LogP contribution in [0.25, 0.3) is 11.0 Å². The summed E-state index contributed by atoms with van der Waals surface area (Å²) in [6, 6.07) is 10.0. The van der Waals surface area contributed by atoms with E-state index in [-0.39, 0.29) is 0 Å². The summed E-state index contributed by atoms with van der Waals surface area (Å²) in [6.45, 7) is 0. The first kappa shape index (κ1) is 12.5. The fraction of sp³-hybridized carbons (Fsp3) is 0.188. The Morgan fingerprint density at radius 3 is 2.50 bits per heavy atom. The Hall–Kier alpha value is -2.49. The molecular formula is C16H16N2O2. The van der Waals surface area contributed by atoms with Crippen molar-refractivity contribution in [2.45, 2.75) is 6.42 Å². The van der Waals surface area contributed by atoms with Gasteiger partial charge in [0.2, 0.25) is 0 Å². The molecule has 0 aliphatic heterocycles. The predicted octanol–water partition coefficient (Wildman–Crippen LogP) is 3.17. The Bertz CT molecular complexity index is 712. The molecule has 1 aromatic carbocycles. The first-order chi connectivity index (χ1) is 9.80. The van der Waals surface area contributed by atoms with Crippen LogP contribution in [-0.2, 0) is 6.42 Å². The lowest BCUT2D eigenvalue weighted by atomic mass is 10.0. The number of rotatable bonds is 4. The largest absolute Gasteiger partial charge is 0.497 e. The van der Waals surface area contributed by atoms with Crippen LogP contribution in [0.1, 0.15) is 11.1 Å². The quantitative estimate of drug-likeness (QED) is 0.790. The van der Waals surface area contributed by atoms with Crippen molar-refractivity contribution in [3.8, 4) is 11.5 Å². The molecule has 0 saturated heterocycles. The van der Waals surface area contributed by atoms with Crippen LogP contribution in [0.5, 0.6) is 11.5 Å². The van der Waals surface area contributed by atoms with E-state index < -0.39 is 0 Å². The van der Waals surface area contributed by atoms with Gasteiger partial charge >= 0.3 is 0 Å². The van der Waals surface area contributed by atoms with Gasteiger partial charge in [-0.25, -0.2) is 4.98 Å². The molecule has 1 N–H and O–H groups in total. The first-order valence-electron chi connectivity index (χ1n) is 6.43. The Morgan fingerprint density at radius 2 is 1.80 bits per heavy atom. The minimum Gasteiger partial charge on any atom is -0.497 e. The third-order valence-electron chi connectivity index (χ3n) is 3.36. The highest BCUT2D eigenvalue weighted by atomic mass is 16.5. The molecule has 2 heterocycles. The second kappa shape index (κ2) is 5.25. The smallest absolute Gasteiger partial charge is 0.137 e. The van der Waals surface area contributed by atoms with Crippen molar-refractivity contribution in [1.82, 2.24) is 9.97 Å². The number of fused-ring (bicyclic) bond motifs is 1. The van der Waals surface area contributed by atoms with Crippen molar-refractivity contribution in [2.75, 3.05) is 14.2 Å². The summed E-state index contributed by atoms with van der Waals surface area (Å²) in [6.07, 6.45) is 4.54. The SMILES string of the molecule is COc1cc(Cc2ccnc3[nH]ccc23)cc(OC)c1. The van der Waals surface area contributed by atoms with E-state index in [0.29, 0.717) is 0 Å². The van der Waals surface area contributed by atoms with Gasteiger partial charge in [0.25, 0.3) is 0 Å². The number of aromatic nitrogens is 2. The molecule has 102 valence electrons. The fourth-order valence-corrected chi connectivity index (χ4v) is 2.36. The topological polar surface area (TPSA) is 47.1 Å². The third-order valence-corrected chi connectivity index (χ3v) is 3.36. The van der Waals surface area contributed by atoms with E-state index in [1.165, 1.54) is 5.56 Å². The van der Waals surface area contributed by atoms with Crippen LogP contribution in [0.2, 0.25) is 0 Å². The maximum Gasteiger partial charge on any atom is 0.137 e. The van der Waals surface area contributed by atoms with Gasteiger partial charge in [-0.05, 0) is 41.8 Å². The van der Waals surface area contributed by atoms with E-state index in [2.05, 4.69) is 16.0 Å². The maximum atomic E-state index is 5.31. The molecule has 3 aromatic rings. The molecule has 2 aromatic heterocycles. The second-order valence-corrected chi connectivity index (χ2v) is 4.61. The van der Waals surface area contributed by atoms with E-state index in [9.17, 15) is 0 Å². The first-order valence-corrected chi connectivity index (χ1v) is 6.43. The molecule has 0 unspecified atom stereocenters. The van der Waals surface area contributed by atoms with Crippen LogP contribution in [-0.4, -0.2) is 24.2 Å². The lowest BCUT2D eigenvalue weighted by Gasteiger charge is -2.09. The molecule has 0 radical (unpaired) electrons. The van der Waals surface area contributed by atoms with Gasteiger partial charge in [-0.3, -0.25) is 0 Å². The summed E-state index contributed by atoms with van der Waals surface area (Å²) in [7, 11) is 3.32. The average molecular weight is 268 g/mol. The van der Waals surface area contributed by atoms with E-state index in [0.717, 1.165) is 34.5 Å². The van der Waals surface area contributed by atoms with Crippen molar-refractivity contribution in [2.24, 2.45) is 0 Å². The van der Waals surface area contributed by atoms with Gasteiger partial charge in [0.15, 0.2) is 0 Å². The van der Waals surface area contributed by atoms with Crippen molar-refractivity contribution in [1.29, 1.82) is 0 Å². The molecule has 4 nitrogen and oxygen atoms in total. The van der Waals surface area contributed by atoms with Crippen molar-refractivity contribution in [3.05, 3.63) is 53.9 Å². The highest BCUT2D eigenvalue weighted by Gasteiger charge is 2.07. The Balaban J connectivity index is 2.00. The number of nitrogens with one attached hydrogen (secondary N) is 1. The van der Waals surface area contributed by atoms with Crippen molar-refractivity contribution < 1.29 is 9.47 Å². The lowest BCUT2D eigenvalue weighted by Crippen LogP contribution is -1.94. The minimum atomic E-state index is 0.804. The monoisotopic (exact) mass is 268 g/mol. The Kier molecular flexibility index (Phi) is 3.29. The zero-order valence-corrected chi connectivity index (χ0v) is 11.5. The summed E-state index contributed by atoms with van der Waals surface area (Å²) >= 11 is 0. The van der Waals surface area contributed by atoms with Crippen LogP contribution in [0.3, 0.4) is 0 Å². The summed E-state index contributed by atoms with van der Waals surface area (Å²) in [5.41, 5.74) is 3.29. The van der Waals surface area contributed by atoms with Crippen LogP contribution >= 0.6 is 0 Å². The van der Waals surface area contributed by atoms with E-state index in [4.69, 9.17) is 9.47 Å².